The Morgan fingerprint density at radius 2 is 1.77 bits per heavy atom. The summed E-state index contributed by atoms with van der Waals surface area (Å²) in [6.07, 6.45) is 10.3. The lowest BCUT2D eigenvalue weighted by atomic mass is 9.78. The van der Waals surface area contributed by atoms with Gasteiger partial charge in [-0.25, -0.2) is 0 Å². The molecule has 0 aromatic heterocycles. The van der Waals surface area contributed by atoms with Crippen LogP contribution in [0.3, 0.4) is 0 Å². The highest BCUT2D eigenvalue weighted by Gasteiger charge is 2.39. The molecule has 0 bridgehead atoms. The van der Waals surface area contributed by atoms with E-state index in [1.807, 2.05) is 0 Å². The van der Waals surface area contributed by atoms with Crippen molar-refractivity contribution >= 4 is 11.4 Å². The average Bonchev–Trinajstić information content (AvgIpc) is 2.74. The van der Waals surface area contributed by atoms with Crippen molar-refractivity contribution in [1.29, 1.82) is 0 Å². The van der Waals surface area contributed by atoms with Crippen molar-refractivity contribution in [3.05, 3.63) is 23.8 Å². The van der Waals surface area contributed by atoms with Crippen LogP contribution >= 0.6 is 0 Å². The molecule has 3 fully saturated rings. The standard InChI is InChI=1S/C22H32N2O2/c1-2-4-16(5-3-1)21-9-6-17-15-23-20-8-7-18(14-19(20)22(17)26-21)24-10-12-25-13-11-24/h7-8,14,16-17,21-23H,1-6,9-13,15H2. The van der Waals surface area contributed by atoms with E-state index < -0.39 is 0 Å². The summed E-state index contributed by atoms with van der Waals surface area (Å²) >= 11 is 0. The van der Waals surface area contributed by atoms with Crippen LogP contribution in [0.1, 0.15) is 56.6 Å². The van der Waals surface area contributed by atoms with E-state index in [-0.39, 0.29) is 6.10 Å². The highest BCUT2D eigenvalue weighted by Crippen LogP contribution is 2.46. The molecule has 4 nitrogen and oxygen atoms in total. The topological polar surface area (TPSA) is 33.7 Å². The molecule has 1 saturated carbocycles. The molecule has 0 spiro atoms. The van der Waals surface area contributed by atoms with Crippen molar-refractivity contribution in [2.75, 3.05) is 43.1 Å². The van der Waals surface area contributed by atoms with Gasteiger partial charge in [0.05, 0.1) is 25.4 Å². The maximum atomic E-state index is 6.82. The van der Waals surface area contributed by atoms with Gasteiger partial charge in [-0.05, 0) is 49.8 Å². The minimum atomic E-state index is 0.285. The second kappa shape index (κ2) is 7.40. The fourth-order valence-corrected chi connectivity index (χ4v) is 5.49. The van der Waals surface area contributed by atoms with Crippen LogP contribution in [0.2, 0.25) is 0 Å². The van der Waals surface area contributed by atoms with Crippen LogP contribution < -0.4 is 10.2 Å². The first kappa shape index (κ1) is 16.9. The van der Waals surface area contributed by atoms with Gasteiger partial charge in [0, 0.05) is 42.5 Å². The lowest BCUT2D eigenvalue weighted by Crippen LogP contribution is -2.40. The predicted octanol–water partition coefficient (Wildman–Crippen LogP) is 4.37. The van der Waals surface area contributed by atoms with Gasteiger partial charge in [-0.3, -0.25) is 0 Å². The van der Waals surface area contributed by atoms with Gasteiger partial charge < -0.3 is 19.7 Å². The second-order valence-corrected chi connectivity index (χ2v) is 8.58. The van der Waals surface area contributed by atoms with Gasteiger partial charge in [-0.15, -0.1) is 0 Å². The molecule has 1 aromatic rings. The summed E-state index contributed by atoms with van der Waals surface area (Å²) in [5.41, 5.74) is 4.01. The van der Waals surface area contributed by atoms with Gasteiger partial charge in [0.15, 0.2) is 0 Å². The Morgan fingerprint density at radius 3 is 2.62 bits per heavy atom. The van der Waals surface area contributed by atoms with Gasteiger partial charge in [0.2, 0.25) is 0 Å². The van der Waals surface area contributed by atoms with E-state index in [1.165, 1.54) is 61.9 Å². The molecule has 3 unspecified atom stereocenters. The van der Waals surface area contributed by atoms with E-state index in [2.05, 4.69) is 28.4 Å². The van der Waals surface area contributed by atoms with Crippen LogP contribution in [0.15, 0.2) is 18.2 Å². The summed E-state index contributed by atoms with van der Waals surface area (Å²) in [6.45, 7) is 4.72. The molecular formula is C22H32N2O2. The molecule has 142 valence electrons. The number of fused-ring (bicyclic) bond motifs is 3. The zero-order valence-electron chi connectivity index (χ0n) is 15.8. The van der Waals surface area contributed by atoms with E-state index in [0.29, 0.717) is 12.0 Å². The minimum Gasteiger partial charge on any atom is -0.384 e. The first-order valence-electron chi connectivity index (χ1n) is 10.7. The highest BCUT2D eigenvalue weighted by molar-refractivity contribution is 5.63. The summed E-state index contributed by atoms with van der Waals surface area (Å²) in [5.74, 6) is 1.42. The quantitative estimate of drug-likeness (QED) is 0.853. The fourth-order valence-electron chi connectivity index (χ4n) is 5.49. The summed E-state index contributed by atoms with van der Waals surface area (Å²) in [7, 11) is 0. The van der Waals surface area contributed by atoms with E-state index in [0.717, 1.165) is 38.8 Å². The SMILES string of the molecule is c1cc2c(cc1N1CCOCC1)C1OC(C3CCCCC3)CCC1CN2. The number of ether oxygens (including phenoxy) is 2. The zero-order chi connectivity index (χ0) is 17.3. The van der Waals surface area contributed by atoms with Crippen molar-refractivity contribution in [3.8, 4) is 0 Å². The molecule has 4 heteroatoms. The van der Waals surface area contributed by atoms with E-state index in [4.69, 9.17) is 9.47 Å². The monoisotopic (exact) mass is 356 g/mol. The molecule has 0 radical (unpaired) electrons. The van der Waals surface area contributed by atoms with Crippen LogP contribution in [0, 0.1) is 11.8 Å². The van der Waals surface area contributed by atoms with Crippen LogP contribution in [-0.4, -0.2) is 39.0 Å². The largest absolute Gasteiger partial charge is 0.384 e. The smallest absolute Gasteiger partial charge is 0.0894 e. The van der Waals surface area contributed by atoms with Crippen LogP contribution in [0.25, 0.3) is 0 Å². The third-order valence-electron chi connectivity index (χ3n) is 7.02. The molecule has 26 heavy (non-hydrogen) atoms. The zero-order valence-corrected chi connectivity index (χ0v) is 15.8. The third kappa shape index (κ3) is 3.22. The molecule has 3 heterocycles. The number of benzene rings is 1. The van der Waals surface area contributed by atoms with Gasteiger partial charge in [-0.1, -0.05) is 19.3 Å². The van der Waals surface area contributed by atoms with Crippen molar-refractivity contribution in [2.24, 2.45) is 11.8 Å². The summed E-state index contributed by atoms with van der Waals surface area (Å²) in [5, 5.41) is 3.66. The van der Waals surface area contributed by atoms with E-state index >= 15 is 0 Å². The lowest BCUT2D eigenvalue weighted by Gasteiger charge is -2.44. The Balaban J connectivity index is 1.38. The van der Waals surface area contributed by atoms with Crippen LogP contribution in [-0.2, 0) is 9.47 Å². The van der Waals surface area contributed by atoms with Crippen LogP contribution in [0.4, 0.5) is 11.4 Å². The molecule has 3 aliphatic heterocycles. The Morgan fingerprint density at radius 1 is 0.923 bits per heavy atom. The first-order valence-corrected chi connectivity index (χ1v) is 10.7. The van der Waals surface area contributed by atoms with Crippen molar-refractivity contribution in [3.63, 3.8) is 0 Å². The number of morpholine rings is 1. The Labute approximate surface area is 157 Å². The van der Waals surface area contributed by atoms with E-state index in [9.17, 15) is 0 Å². The highest BCUT2D eigenvalue weighted by atomic mass is 16.5. The van der Waals surface area contributed by atoms with Crippen molar-refractivity contribution in [2.45, 2.75) is 57.2 Å². The average molecular weight is 357 g/mol. The fraction of sp³-hybridized carbons (Fsp3) is 0.727. The maximum absolute atomic E-state index is 6.82. The van der Waals surface area contributed by atoms with Gasteiger partial charge >= 0.3 is 0 Å². The molecule has 2 saturated heterocycles. The lowest BCUT2D eigenvalue weighted by molar-refractivity contribution is -0.113. The van der Waals surface area contributed by atoms with Crippen molar-refractivity contribution in [1.82, 2.24) is 0 Å². The maximum Gasteiger partial charge on any atom is 0.0894 e. The summed E-state index contributed by atoms with van der Waals surface area (Å²) in [4.78, 5) is 2.45. The molecule has 1 N–H and O–H groups in total. The van der Waals surface area contributed by atoms with E-state index in [1.54, 1.807) is 0 Å². The second-order valence-electron chi connectivity index (χ2n) is 8.58. The molecule has 5 rings (SSSR count). The molecule has 0 amide bonds. The molecular weight excluding hydrogens is 324 g/mol. The molecule has 1 aliphatic carbocycles. The Bertz CT molecular complexity index is 623. The number of hydrogen-bond acceptors (Lipinski definition) is 4. The first-order chi connectivity index (χ1) is 12.9. The van der Waals surface area contributed by atoms with Gasteiger partial charge in [-0.2, -0.15) is 0 Å². The van der Waals surface area contributed by atoms with Gasteiger partial charge in [0.25, 0.3) is 0 Å². The van der Waals surface area contributed by atoms with Crippen molar-refractivity contribution < 1.29 is 9.47 Å². The number of nitrogens with zero attached hydrogens (tertiary/aromatic N) is 1. The molecule has 1 aromatic carbocycles. The normalized spacial score (nSPS) is 32.5. The molecule has 3 atom stereocenters. The van der Waals surface area contributed by atoms with Gasteiger partial charge in [0.1, 0.15) is 0 Å². The summed E-state index contributed by atoms with van der Waals surface area (Å²) in [6, 6.07) is 6.93. The predicted molar refractivity (Wildman–Crippen MR) is 105 cm³/mol. The number of anilines is 2. The number of rotatable bonds is 2. The minimum absolute atomic E-state index is 0.285. The molecule has 4 aliphatic rings. The number of nitrogens with one attached hydrogen (secondary N) is 1. The Hall–Kier alpha value is -1.26. The Kier molecular flexibility index (Phi) is 4.80. The third-order valence-corrected chi connectivity index (χ3v) is 7.02. The van der Waals surface area contributed by atoms with Crippen LogP contribution in [0.5, 0.6) is 0 Å². The number of hydrogen-bond donors (Lipinski definition) is 1. The summed E-state index contributed by atoms with van der Waals surface area (Å²) < 4.78 is 12.3.